The second-order valence-electron chi connectivity index (χ2n) is 8.77. The van der Waals surface area contributed by atoms with Gasteiger partial charge in [-0.15, -0.1) is 0 Å². The molecule has 0 saturated carbocycles. The number of morpholine rings is 1. The molecule has 3 aliphatic rings. The molecule has 176 valence electrons. The Hall–Kier alpha value is -3.58. The predicted octanol–water partition coefficient (Wildman–Crippen LogP) is 0.562. The molecule has 6 heterocycles. The number of ether oxygens (including phenoxy) is 1. The molecule has 3 aromatic rings. The number of nitrogens with one attached hydrogen (secondary N) is 2. The summed E-state index contributed by atoms with van der Waals surface area (Å²) < 4.78 is 13.1. The molecule has 0 radical (unpaired) electrons. The molecule has 14 heteroatoms. The molecular weight excluding hydrogens is 468 g/mol. The lowest BCUT2D eigenvalue weighted by atomic mass is 9.67. The summed E-state index contributed by atoms with van der Waals surface area (Å²) in [5, 5.41) is 12.9. The summed E-state index contributed by atoms with van der Waals surface area (Å²) in [7, 11) is 1.70. The molecule has 0 aromatic carbocycles. The molecule has 1 spiro atoms. The molecule has 2 saturated heterocycles. The van der Waals surface area contributed by atoms with Gasteiger partial charge in [0.05, 0.1) is 29.6 Å². The fourth-order valence-corrected chi connectivity index (χ4v) is 5.76. The van der Waals surface area contributed by atoms with E-state index in [9.17, 15) is 14.4 Å². The van der Waals surface area contributed by atoms with Gasteiger partial charge in [0.2, 0.25) is 17.4 Å². The monoisotopic (exact) mass is 486 g/mol. The summed E-state index contributed by atoms with van der Waals surface area (Å²) in [6, 6.07) is -1.59. The Kier molecular flexibility index (Phi) is 4.30. The highest BCUT2D eigenvalue weighted by molar-refractivity contribution is 6.38. The normalized spacial score (nSPS) is 25.8. The molecule has 3 atom stereocenters. The Morgan fingerprint density at radius 3 is 2.62 bits per heavy atom. The minimum Gasteiger partial charge on any atom is -0.372 e. The van der Waals surface area contributed by atoms with E-state index in [-0.39, 0.29) is 23.1 Å². The summed E-state index contributed by atoms with van der Waals surface area (Å²) >= 11 is 6.86. The Balaban J connectivity index is 1.61. The first kappa shape index (κ1) is 21.0. The highest BCUT2D eigenvalue weighted by Gasteiger charge is 2.63. The van der Waals surface area contributed by atoms with Crippen LogP contribution in [0.3, 0.4) is 0 Å². The van der Waals surface area contributed by atoms with Crippen LogP contribution in [0.4, 0.5) is 10.5 Å². The second-order valence-corrected chi connectivity index (χ2v) is 9.15. The maximum atomic E-state index is 13.3. The second kappa shape index (κ2) is 6.96. The number of carbonyl (C=O) groups is 3. The highest BCUT2D eigenvalue weighted by atomic mass is 35.5. The number of hydrogen-bond donors (Lipinski definition) is 2. The number of halogens is 1. The van der Waals surface area contributed by atoms with Gasteiger partial charge in [0.15, 0.2) is 16.9 Å². The quantitative estimate of drug-likeness (QED) is 0.465. The Bertz CT molecular complexity index is 1380. The summed E-state index contributed by atoms with van der Waals surface area (Å²) in [4.78, 5) is 49.3. The number of urea groups is 1. The van der Waals surface area contributed by atoms with Gasteiger partial charge in [0.1, 0.15) is 16.9 Å². The number of aryl methyl sites for hydroxylation is 1. The topological polar surface area (TPSA) is 157 Å². The fraction of sp³-hybridized carbons (Fsp3) is 0.450. The number of pyridine rings is 1. The van der Waals surface area contributed by atoms with E-state index >= 15 is 0 Å². The van der Waals surface area contributed by atoms with Crippen LogP contribution in [0.25, 0.3) is 22.6 Å². The molecule has 13 nitrogen and oxygen atoms in total. The van der Waals surface area contributed by atoms with E-state index in [1.807, 2.05) is 11.8 Å². The van der Waals surface area contributed by atoms with Gasteiger partial charge < -0.3 is 14.2 Å². The summed E-state index contributed by atoms with van der Waals surface area (Å²) in [5.74, 6) is -0.995. The van der Waals surface area contributed by atoms with Crippen LogP contribution in [0.2, 0.25) is 5.02 Å². The van der Waals surface area contributed by atoms with Gasteiger partial charge in [-0.2, -0.15) is 5.10 Å². The number of fused-ring (bicyclic) bond motifs is 5. The van der Waals surface area contributed by atoms with Crippen molar-refractivity contribution in [3.63, 3.8) is 0 Å². The van der Waals surface area contributed by atoms with Crippen molar-refractivity contribution in [3.05, 3.63) is 17.0 Å². The van der Waals surface area contributed by atoms with E-state index in [2.05, 4.69) is 25.9 Å². The molecule has 3 aromatic heterocycles. The van der Waals surface area contributed by atoms with Crippen molar-refractivity contribution in [2.24, 2.45) is 12.5 Å². The lowest BCUT2D eigenvalue weighted by Gasteiger charge is -2.55. The maximum absolute atomic E-state index is 13.3. The lowest BCUT2D eigenvalue weighted by Crippen LogP contribution is -2.75. The van der Waals surface area contributed by atoms with Crippen molar-refractivity contribution in [3.8, 4) is 11.5 Å². The van der Waals surface area contributed by atoms with Crippen LogP contribution in [0.1, 0.15) is 19.5 Å². The third-order valence-corrected chi connectivity index (χ3v) is 7.05. The Labute approximate surface area is 196 Å². The average Bonchev–Trinajstić information content (AvgIpc) is 3.37. The number of carbonyl (C=O) groups excluding carboxylic acids is 3. The summed E-state index contributed by atoms with van der Waals surface area (Å²) in [6.07, 6.45) is 0.522. The zero-order valence-corrected chi connectivity index (χ0v) is 19.1. The molecule has 0 bridgehead atoms. The molecule has 0 aliphatic carbocycles. The molecule has 4 amide bonds. The van der Waals surface area contributed by atoms with Crippen LogP contribution in [0, 0.1) is 5.41 Å². The van der Waals surface area contributed by atoms with E-state index in [1.54, 1.807) is 14.0 Å². The van der Waals surface area contributed by atoms with Crippen molar-refractivity contribution in [1.29, 1.82) is 0 Å². The van der Waals surface area contributed by atoms with Crippen molar-refractivity contribution in [2.75, 3.05) is 11.4 Å². The summed E-state index contributed by atoms with van der Waals surface area (Å²) in [5.41, 5.74) is 0.203. The number of nitrogens with zero attached hydrogens (tertiary/aromatic N) is 6. The third kappa shape index (κ3) is 2.61. The summed E-state index contributed by atoms with van der Waals surface area (Å²) in [6.45, 7) is 4.02. The van der Waals surface area contributed by atoms with Gasteiger partial charge in [-0.3, -0.25) is 20.2 Å². The van der Waals surface area contributed by atoms with Gasteiger partial charge >= 0.3 is 6.03 Å². The van der Waals surface area contributed by atoms with Crippen LogP contribution in [-0.2, 0) is 27.8 Å². The van der Waals surface area contributed by atoms with E-state index in [0.717, 1.165) is 0 Å². The zero-order valence-electron chi connectivity index (χ0n) is 18.3. The minimum atomic E-state index is -1.66. The van der Waals surface area contributed by atoms with Crippen LogP contribution < -0.4 is 15.5 Å². The molecule has 6 rings (SSSR count). The van der Waals surface area contributed by atoms with Crippen molar-refractivity contribution in [1.82, 2.24) is 35.5 Å². The highest BCUT2D eigenvalue weighted by Crippen LogP contribution is 2.50. The van der Waals surface area contributed by atoms with Gasteiger partial charge in [0.25, 0.3) is 0 Å². The Morgan fingerprint density at radius 2 is 1.94 bits per heavy atom. The van der Waals surface area contributed by atoms with Crippen LogP contribution >= 0.6 is 11.6 Å². The number of rotatable bonds is 1. The first-order valence-electron chi connectivity index (χ1n) is 10.6. The average molecular weight is 487 g/mol. The number of barbiturate groups is 1. The predicted molar refractivity (Wildman–Crippen MR) is 116 cm³/mol. The standard InChI is InChI=1S/C20H19ClN8O5/c1-7-5-29-13-9(4-20(15(29)8(2)33-7)17(30)25-19(32)26-18(20)31)24-11-12(16-22-6-23-28(16)3)27-34-14(11)10(13)21/h6-8,15H,4-5H2,1-3H3,(H2,25,26,30,31,32). The maximum Gasteiger partial charge on any atom is 0.328 e. The van der Waals surface area contributed by atoms with Gasteiger partial charge in [-0.25, -0.2) is 19.4 Å². The third-order valence-electron chi connectivity index (χ3n) is 6.70. The molecule has 3 unspecified atom stereocenters. The lowest BCUT2D eigenvalue weighted by molar-refractivity contribution is -0.153. The van der Waals surface area contributed by atoms with Crippen LogP contribution in [0.15, 0.2) is 10.9 Å². The zero-order chi connectivity index (χ0) is 23.9. The first-order valence-corrected chi connectivity index (χ1v) is 11.0. The number of hydrogen-bond acceptors (Lipinski definition) is 10. The van der Waals surface area contributed by atoms with Gasteiger partial charge in [-0.05, 0) is 13.8 Å². The molecular formula is C20H19ClN8O5. The molecule has 3 aliphatic heterocycles. The van der Waals surface area contributed by atoms with Crippen molar-refractivity contribution in [2.45, 2.75) is 38.5 Å². The number of imide groups is 2. The van der Waals surface area contributed by atoms with Crippen LogP contribution in [0.5, 0.6) is 0 Å². The van der Waals surface area contributed by atoms with Crippen LogP contribution in [-0.4, -0.2) is 67.5 Å². The minimum absolute atomic E-state index is 0.102. The number of aromatic nitrogens is 5. The van der Waals surface area contributed by atoms with Crippen molar-refractivity contribution >= 4 is 46.2 Å². The van der Waals surface area contributed by atoms with Gasteiger partial charge in [0, 0.05) is 20.0 Å². The smallest absolute Gasteiger partial charge is 0.328 e. The van der Waals surface area contributed by atoms with Gasteiger partial charge in [-0.1, -0.05) is 16.8 Å². The number of amides is 4. The first-order chi connectivity index (χ1) is 16.2. The van der Waals surface area contributed by atoms with E-state index in [4.69, 9.17) is 25.8 Å². The fourth-order valence-electron chi connectivity index (χ4n) is 5.41. The number of anilines is 1. The van der Waals surface area contributed by atoms with Crippen molar-refractivity contribution < 1.29 is 23.6 Å². The van der Waals surface area contributed by atoms with E-state index in [1.165, 1.54) is 11.0 Å². The van der Waals surface area contributed by atoms with E-state index < -0.39 is 35.4 Å². The largest absolute Gasteiger partial charge is 0.372 e. The van der Waals surface area contributed by atoms with E-state index in [0.29, 0.717) is 35.0 Å². The SMILES string of the molecule is CC1CN2c3c(nc4c(-c5ncnn5C)noc4c3Cl)CC3(C(=O)NC(=O)NC3=O)C2C(C)O1. The molecule has 34 heavy (non-hydrogen) atoms. The molecule has 2 N–H and O–H groups in total. The Morgan fingerprint density at radius 1 is 1.21 bits per heavy atom. The molecule has 2 fully saturated rings.